The van der Waals surface area contributed by atoms with E-state index in [0.717, 1.165) is 6.07 Å². The maximum atomic E-state index is 12.7. The molecule has 0 bridgehead atoms. The fourth-order valence-electron chi connectivity index (χ4n) is 1.33. The van der Waals surface area contributed by atoms with E-state index in [-0.39, 0.29) is 10.7 Å². The molecule has 5 heteroatoms. The highest BCUT2D eigenvalue weighted by atomic mass is 35.5. The van der Waals surface area contributed by atoms with E-state index in [1.54, 1.807) is 6.92 Å². The van der Waals surface area contributed by atoms with E-state index in [4.69, 9.17) is 18.0 Å². The Balaban J connectivity index is 3.12. The number of alkyl halides is 3. The Morgan fingerprint density at radius 3 is 2.59 bits per heavy atom. The minimum Gasteiger partial charge on any atom is -0.371 e. The van der Waals surface area contributed by atoms with Crippen molar-refractivity contribution in [2.24, 2.45) is 0 Å². The van der Waals surface area contributed by atoms with Crippen LogP contribution in [0, 0.1) is 12.3 Å². The summed E-state index contributed by atoms with van der Waals surface area (Å²) in [4.78, 5) is 0. The third-order valence-corrected chi connectivity index (χ3v) is 2.46. The topological polar surface area (TPSA) is 12.0 Å². The van der Waals surface area contributed by atoms with Gasteiger partial charge in [0.25, 0.3) is 0 Å². The molecule has 0 aromatic heterocycles. The summed E-state index contributed by atoms with van der Waals surface area (Å²) < 4.78 is 38.2. The molecule has 0 saturated heterocycles. The van der Waals surface area contributed by atoms with Crippen LogP contribution in [0.2, 0.25) is 5.02 Å². The molecule has 0 heterocycles. The molecule has 0 aliphatic heterocycles. The smallest absolute Gasteiger partial charge is 0.371 e. The Bertz CT molecular complexity index is 434. The zero-order chi connectivity index (χ0) is 13.1. The summed E-state index contributed by atoms with van der Waals surface area (Å²) in [6.45, 7) is 1.79. The number of hydrogen-bond donors (Lipinski definition) is 1. The number of anilines is 1. The first-order valence-electron chi connectivity index (χ1n) is 4.98. The minimum absolute atomic E-state index is 0.0385. The average Bonchev–Trinajstić information content (AvgIpc) is 2.26. The van der Waals surface area contributed by atoms with E-state index in [9.17, 15) is 13.2 Å². The highest BCUT2D eigenvalue weighted by molar-refractivity contribution is 6.30. The van der Waals surface area contributed by atoms with Crippen molar-refractivity contribution in [2.75, 3.05) is 5.32 Å². The Hall–Kier alpha value is -1.34. The van der Waals surface area contributed by atoms with Crippen molar-refractivity contribution < 1.29 is 13.2 Å². The van der Waals surface area contributed by atoms with E-state index in [2.05, 4.69) is 11.2 Å². The number of nitrogens with one attached hydrogen (secondary N) is 1. The number of benzene rings is 1. The number of halogens is 4. The molecule has 1 aromatic carbocycles. The van der Waals surface area contributed by atoms with Crippen LogP contribution >= 0.6 is 11.6 Å². The summed E-state index contributed by atoms with van der Waals surface area (Å²) >= 11 is 5.56. The second kappa shape index (κ2) is 5.33. The number of hydrogen-bond acceptors (Lipinski definition) is 1. The third-order valence-electron chi connectivity index (χ3n) is 2.23. The number of terminal acetylenes is 1. The zero-order valence-corrected chi connectivity index (χ0v) is 9.86. The van der Waals surface area contributed by atoms with E-state index in [1.807, 2.05) is 0 Å². The van der Waals surface area contributed by atoms with Gasteiger partial charge in [0.2, 0.25) is 0 Å². The molecule has 1 atom stereocenters. The molecule has 1 unspecified atom stereocenters. The van der Waals surface area contributed by atoms with Crippen LogP contribution in [0.25, 0.3) is 0 Å². The minimum atomic E-state index is -4.46. The van der Waals surface area contributed by atoms with Crippen molar-refractivity contribution in [1.82, 2.24) is 0 Å². The maximum Gasteiger partial charge on any atom is 0.418 e. The molecule has 1 aromatic rings. The van der Waals surface area contributed by atoms with Crippen LogP contribution in [0.15, 0.2) is 18.2 Å². The van der Waals surface area contributed by atoms with Crippen LogP contribution in [-0.2, 0) is 6.18 Å². The standard InChI is InChI=1S/C12H11ClF3N/c1-3-9(4-2)17-11-6-5-8(13)7-10(11)12(14,15)16/h1,5-7,9,17H,4H2,2H3. The van der Waals surface area contributed by atoms with Crippen LogP contribution < -0.4 is 5.32 Å². The molecule has 92 valence electrons. The summed E-state index contributed by atoms with van der Waals surface area (Å²) in [5.41, 5.74) is -0.856. The van der Waals surface area contributed by atoms with Gasteiger partial charge in [0.05, 0.1) is 11.6 Å². The summed E-state index contributed by atoms with van der Waals surface area (Å²) in [5, 5.41) is 2.70. The van der Waals surface area contributed by atoms with Crippen molar-refractivity contribution >= 4 is 17.3 Å². The second-order valence-corrected chi connectivity index (χ2v) is 3.90. The Morgan fingerprint density at radius 2 is 2.12 bits per heavy atom. The molecule has 0 aliphatic rings. The van der Waals surface area contributed by atoms with Gasteiger partial charge < -0.3 is 5.32 Å². The first-order valence-corrected chi connectivity index (χ1v) is 5.35. The van der Waals surface area contributed by atoms with Crippen LogP contribution in [0.1, 0.15) is 18.9 Å². The summed E-state index contributed by atoms with van der Waals surface area (Å²) in [6, 6.07) is 3.12. The monoisotopic (exact) mass is 261 g/mol. The lowest BCUT2D eigenvalue weighted by Crippen LogP contribution is -2.19. The van der Waals surface area contributed by atoms with Gasteiger partial charge in [0, 0.05) is 10.7 Å². The molecule has 1 N–H and O–H groups in total. The van der Waals surface area contributed by atoms with Gasteiger partial charge in [0.15, 0.2) is 0 Å². The third kappa shape index (κ3) is 3.57. The molecular weight excluding hydrogens is 251 g/mol. The summed E-state index contributed by atoms with van der Waals surface area (Å²) in [6.07, 6.45) is 1.28. The van der Waals surface area contributed by atoms with Crippen molar-refractivity contribution in [2.45, 2.75) is 25.6 Å². The Labute approximate surface area is 103 Å². The predicted molar refractivity (Wildman–Crippen MR) is 63.0 cm³/mol. The van der Waals surface area contributed by atoms with E-state index >= 15 is 0 Å². The summed E-state index contributed by atoms with van der Waals surface area (Å²) in [7, 11) is 0. The van der Waals surface area contributed by atoms with Crippen molar-refractivity contribution in [1.29, 1.82) is 0 Å². The lowest BCUT2D eigenvalue weighted by Gasteiger charge is -2.18. The highest BCUT2D eigenvalue weighted by Crippen LogP contribution is 2.36. The van der Waals surface area contributed by atoms with E-state index in [0.29, 0.717) is 6.42 Å². The Kier molecular flexibility index (Phi) is 4.30. The van der Waals surface area contributed by atoms with E-state index < -0.39 is 17.8 Å². The second-order valence-electron chi connectivity index (χ2n) is 3.46. The predicted octanol–water partition coefficient (Wildman–Crippen LogP) is 4.18. The van der Waals surface area contributed by atoms with Gasteiger partial charge in [-0.2, -0.15) is 13.2 Å². The van der Waals surface area contributed by atoms with Crippen molar-refractivity contribution in [3.8, 4) is 12.3 Å². The van der Waals surface area contributed by atoms with Crippen LogP contribution in [0.3, 0.4) is 0 Å². The molecule has 1 nitrogen and oxygen atoms in total. The molecule has 0 radical (unpaired) electrons. The van der Waals surface area contributed by atoms with Gasteiger partial charge in [-0.25, -0.2) is 0 Å². The molecule has 0 saturated carbocycles. The first-order chi connectivity index (χ1) is 7.88. The van der Waals surface area contributed by atoms with Crippen molar-refractivity contribution in [3.05, 3.63) is 28.8 Å². The lowest BCUT2D eigenvalue weighted by atomic mass is 10.1. The van der Waals surface area contributed by atoms with Gasteiger partial charge in [0.1, 0.15) is 0 Å². The van der Waals surface area contributed by atoms with Crippen LogP contribution in [0.4, 0.5) is 18.9 Å². The summed E-state index contributed by atoms with van der Waals surface area (Å²) in [5.74, 6) is 2.38. The lowest BCUT2D eigenvalue weighted by molar-refractivity contribution is -0.136. The van der Waals surface area contributed by atoms with E-state index in [1.165, 1.54) is 12.1 Å². The molecule has 0 amide bonds. The van der Waals surface area contributed by atoms with Gasteiger partial charge in [-0.3, -0.25) is 0 Å². The number of rotatable bonds is 3. The van der Waals surface area contributed by atoms with Gasteiger partial charge in [-0.05, 0) is 24.6 Å². The molecule has 0 fully saturated rings. The average molecular weight is 262 g/mol. The van der Waals surface area contributed by atoms with Gasteiger partial charge in [-0.15, -0.1) is 6.42 Å². The highest BCUT2D eigenvalue weighted by Gasteiger charge is 2.34. The fraction of sp³-hybridized carbons (Fsp3) is 0.333. The first kappa shape index (κ1) is 13.7. The zero-order valence-electron chi connectivity index (χ0n) is 9.11. The Morgan fingerprint density at radius 1 is 1.47 bits per heavy atom. The van der Waals surface area contributed by atoms with Crippen LogP contribution in [0.5, 0.6) is 0 Å². The molecular formula is C12H11ClF3N. The molecule has 1 rings (SSSR count). The normalized spacial score (nSPS) is 12.9. The van der Waals surface area contributed by atoms with Gasteiger partial charge >= 0.3 is 6.18 Å². The molecule has 17 heavy (non-hydrogen) atoms. The van der Waals surface area contributed by atoms with Crippen molar-refractivity contribution in [3.63, 3.8) is 0 Å². The molecule has 0 aliphatic carbocycles. The van der Waals surface area contributed by atoms with Gasteiger partial charge in [-0.1, -0.05) is 24.4 Å². The fourth-order valence-corrected chi connectivity index (χ4v) is 1.50. The largest absolute Gasteiger partial charge is 0.418 e. The maximum absolute atomic E-state index is 12.7. The SMILES string of the molecule is C#CC(CC)Nc1ccc(Cl)cc1C(F)(F)F. The quantitative estimate of drug-likeness (QED) is 0.805. The molecule has 0 spiro atoms. The van der Waals surface area contributed by atoms with Crippen LogP contribution in [-0.4, -0.2) is 6.04 Å².